The normalized spacial score (nSPS) is 12.5. The molecule has 8 heteroatoms. The van der Waals surface area contributed by atoms with Crippen LogP contribution in [0.25, 0.3) is 0 Å². The lowest BCUT2D eigenvalue weighted by atomic mass is 10.1. The van der Waals surface area contributed by atoms with Gasteiger partial charge >= 0.3 is 11.9 Å². The fourth-order valence-corrected chi connectivity index (χ4v) is 2.48. The zero-order valence-corrected chi connectivity index (χ0v) is 15.7. The highest BCUT2D eigenvalue weighted by Crippen LogP contribution is 2.13. The lowest BCUT2D eigenvalue weighted by Crippen LogP contribution is -2.07. The zero-order chi connectivity index (χ0) is 19.9. The van der Waals surface area contributed by atoms with Gasteiger partial charge in [0.25, 0.3) is 0 Å². The third kappa shape index (κ3) is 5.39. The summed E-state index contributed by atoms with van der Waals surface area (Å²) in [5.41, 5.74) is 1.34. The molecular formula is C20H12Cl2N2O4. The maximum absolute atomic E-state index is 11.9. The second-order valence-corrected chi connectivity index (χ2v) is 6.35. The Kier molecular flexibility index (Phi) is 6.37. The first-order valence-corrected chi connectivity index (χ1v) is 8.73. The molecule has 1 aliphatic carbocycles. The Hall–Kier alpha value is -3.22. The molecule has 0 amide bonds. The second-order valence-electron chi connectivity index (χ2n) is 5.48. The van der Waals surface area contributed by atoms with Crippen LogP contribution in [0.2, 0.25) is 10.0 Å². The molecule has 0 heterocycles. The van der Waals surface area contributed by atoms with Crippen LogP contribution in [0.1, 0.15) is 20.7 Å². The van der Waals surface area contributed by atoms with Gasteiger partial charge in [-0.1, -0.05) is 45.6 Å². The fourth-order valence-electron chi connectivity index (χ4n) is 2.10. The van der Waals surface area contributed by atoms with Gasteiger partial charge in [-0.25, -0.2) is 9.59 Å². The van der Waals surface area contributed by atoms with Crippen molar-refractivity contribution in [3.05, 3.63) is 94.0 Å². The first kappa shape index (κ1) is 19.5. The van der Waals surface area contributed by atoms with Crippen LogP contribution >= 0.6 is 23.2 Å². The molecule has 0 bridgehead atoms. The van der Waals surface area contributed by atoms with Gasteiger partial charge in [0.1, 0.15) is 11.4 Å². The van der Waals surface area contributed by atoms with E-state index in [1.54, 1.807) is 60.7 Å². The molecule has 3 rings (SSSR count). The molecule has 0 aliphatic heterocycles. The van der Waals surface area contributed by atoms with Crippen LogP contribution in [0, 0.1) is 0 Å². The van der Waals surface area contributed by atoms with E-state index in [0.717, 1.165) is 0 Å². The quantitative estimate of drug-likeness (QED) is 0.407. The third-order valence-electron chi connectivity index (χ3n) is 3.44. The van der Waals surface area contributed by atoms with Crippen LogP contribution in [-0.4, -0.2) is 23.4 Å². The van der Waals surface area contributed by atoms with E-state index in [9.17, 15) is 9.59 Å². The van der Waals surface area contributed by atoms with E-state index in [1.165, 1.54) is 12.1 Å². The lowest BCUT2D eigenvalue weighted by Gasteiger charge is -2.03. The second kappa shape index (κ2) is 9.12. The van der Waals surface area contributed by atoms with Gasteiger partial charge in [-0.05, 0) is 60.7 Å². The van der Waals surface area contributed by atoms with E-state index >= 15 is 0 Å². The first-order chi connectivity index (χ1) is 13.5. The number of halogens is 2. The van der Waals surface area contributed by atoms with Gasteiger partial charge in [0.2, 0.25) is 0 Å². The molecule has 2 aromatic carbocycles. The molecular weight excluding hydrogens is 403 g/mol. The Labute approximate surface area is 170 Å². The maximum Gasteiger partial charge on any atom is 0.365 e. The van der Waals surface area contributed by atoms with Gasteiger partial charge < -0.3 is 9.68 Å². The number of oxime groups is 2. The average Bonchev–Trinajstić information content (AvgIpc) is 2.71. The van der Waals surface area contributed by atoms with Crippen molar-refractivity contribution >= 4 is 46.6 Å². The molecule has 1 aliphatic rings. The summed E-state index contributed by atoms with van der Waals surface area (Å²) in [5.74, 6) is -1.27. The SMILES string of the molecule is O=C(ON=C1C=CC(=NOC(=O)c2cccc(Cl)c2)C=C1)c1cccc(Cl)c1. The van der Waals surface area contributed by atoms with Gasteiger partial charge in [-0.2, -0.15) is 0 Å². The maximum atomic E-state index is 11.9. The molecule has 0 saturated heterocycles. The monoisotopic (exact) mass is 414 g/mol. The summed E-state index contributed by atoms with van der Waals surface area (Å²) in [6, 6.07) is 12.7. The molecule has 0 aromatic heterocycles. The minimum absolute atomic E-state index is 0.288. The molecule has 0 radical (unpaired) electrons. The molecule has 140 valence electrons. The summed E-state index contributed by atoms with van der Waals surface area (Å²) in [7, 11) is 0. The number of hydrogen-bond donors (Lipinski definition) is 0. The highest BCUT2D eigenvalue weighted by Gasteiger charge is 2.10. The number of nitrogens with zero attached hydrogens (tertiary/aromatic N) is 2. The molecule has 0 unspecified atom stereocenters. The van der Waals surface area contributed by atoms with Crippen molar-refractivity contribution in [2.45, 2.75) is 0 Å². The van der Waals surface area contributed by atoms with Crippen molar-refractivity contribution in [2.75, 3.05) is 0 Å². The van der Waals surface area contributed by atoms with Crippen LogP contribution in [-0.2, 0) is 9.68 Å². The Morgan fingerprint density at radius 3 is 1.43 bits per heavy atom. The smallest absolute Gasteiger partial charge is 0.312 e. The summed E-state index contributed by atoms with van der Waals surface area (Å²) < 4.78 is 0. The summed E-state index contributed by atoms with van der Waals surface area (Å²) in [6.07, 6.45) is 6.21. The van der Waals surface area contributed by atoms with Crippen LogP contribution in [0.5, 0.6) is 0 Å². The molecule has 0 atom stereocenters. The number of benzene rings is 2. The molecule has 0 spiro atoms. The number of carbonyl (C=O) groups is 2. The summed E-state index contributed by atoms with van der Waals surface area (Å²) in [4.78, 5) is 33.6. The van der Waals surface area contributed by atoms with Gasteiger partial charge in [0.15, 0.2) is 0 Å². The Morgan fingerprint density at radius 1 is 0.679 bits per heavy atom. The number of hydrogen-bond acceptors (Lipinski definition) is 6. The highest BCUT2D eigenvalue weighted by molar-refractivity contribution is 6.31. The van der Waals surface area contributed by atoms with Gasteiger partial charge in [-0.3, -0.25) is 0 Å². The number of allylic oxidation sites excluding steroid dienone is 4. The molecule has 28 heavy (non-hydrogen) atoms. The zero-order valence-electron chi connectivity index (χ0n) is 14.2. The third-order valence-corrected chi connectivity index (χ3v) is 3.91. The first-order valence-electron chi connectivity index (χ1n) is 7.97. The van der Waals surface area contributed by atoms with Crippen molar-refractivity contribution in [2.24, 2.45) is 10.3 Å². The van der Waals surface area contributed by atoms with Gasteiger partial charge in [0.05, 0.1) is 11.1 Å². The van der Waals surface area contributed by atoms with Crippen molar-refractivity contribution in [1.29, 1.82) is 0 Å². The number of rotatable bonds is 4. The van der Waals surface area contributed by atoms with E-state index in [0.29, 0.717) is 21.5 Å². The van der Waals surface area contributed by atoms with Crippen LogP contribution < -0.4 is 0 Å². The predicted molar refractivity (Wildman–Crippen MR) is 107 cm³/mol. The minimum Gasteiger partial charge on any atom is -0.312 e. The Bertz CT molecular complexity index is 943. The van der Waals surface area contributed by atoms with E-state index in [4.69, 9.17) is 32.9 Å². The standard InChI is InChI=1S/C20H12Cl2N2O4/c21-15-5-1-3-13(11-15)19(25)27-23-17-7-9-18(10-8-17)24-28-20(26)14-4-2-6-16(22)12-14/h1-12H. The van der Waals surface area contributed by atoms with Gasteiger partial charge in [0, 0.05) is 10.0 Å². The highest BCUT2D eigenvalue weighted by atomic mass is 35.5. The molecule has 6 nitrogen and oxygen atoms in total. The van der Waals surface area contributed by atoms with Crippen LogP contribution in [0.3, 0.4) is 0 Å². The van der Waals surface area contributed by atoms with E-state index in [2.05, 4.69) is 10.3 Å². The van der Waals surface area contributed by atoms with Crippen molar-refractivity contribution < 1.29 is 19.3 Å². The topological polar surface area (TPSA) is 77.3 Å². The molecule has 0 saturated carbocycles. The summed E-state index contributed by atoms with van der Waals surface area (Å²) in [5, 5.41) is 8.35. The van der Waals surface area contributed by atoms with E-state index < -0.39 is 11.9 Å². The average molecular weight is 415 g/mol. The Balaban J connectivity index is 1.57. The van der Waals surface area contributed by atoms with Crippen molar-refractivity contribution in [3.8, 4) is 0 Å². The molecule has 0 fully saturated rings. The van der Waals surface area contributed by atoms with E-state index in [-0.39, 0.29) is 11.1 Å². The molecule has 0 N–H and O–H groups in total. The van der Waals surface area contributed by atoms with Crippen molar-refractivity contribution in [1.82, 2.24) is 0 Å². The van der Waals surface area contributed by atoms with Gasteiger partial charge in [-0.15, -0.1) is 0 Å². The summed E-state index contributed by atoms with van der Waals surface area (Å²) >= 11 is 11.7. The number of carbonyl (C=O) groups excluding carboxylic acids is 2. The Morgan fingerprint density at radius 2 is 1.07 bits per heavy atom. The fraction of sp³-hybridized carbons (Fsp3) is 0. The van der Waals surface area contributed by atoms with E-state index in [1.807, 2.05) is 0 Å². The summed E-state index contributed by atoms with van der Waals surface area (Å²) in [6.45, 7) is 0. The van der Waals surface area contributed by atoms with Crippen LogP contribution in [0.4, 0.5) is 0 Å². The van der Waals surface area contributed by atoms with Crippen molar-refractivity contribution in [3.63, 3.8) is 0 Å². The lowest BCUT2D eigenvalue weighted by molar-refractivity contribution is 0.0508. The molecule has 2 aromatic rings. The largest absolute Gasteiger partial charge is 0.365 e. The predicted octanol–water partition coefficient (Wildman–Crippen LogP) is 4.85. The van der Waals surface area contributed by atoms with Crippen LogP contribution in [0.15, 0.2) is 83.1 Å². The minimum atomic E-state index is -0.633.